The molecule has 1 aromatic rings. The van der Waals surface area contributed by atoms with Crippen LogP contribution in [0.15, 0.2) is 18.2 Å². The van der Waals surface area contributed by atoms with Gasteiger partial charge in [0.1, 0.15) is 0 Å². The second kappa shape index (κ2) is 7.34. The largest absolute Gasteiger partial charge is 0.478 e. The standard InChI is InChI=1S/C6HCl5.C4H6O2/c7-2-1-3(8)5(10)6(11)4(2)9;1-3(2)4(5)6/h1H;1H2,2H3,(H,5,6). The van der Waals surface area contributed by atoms with Gasteiger partial charge in [0.15, 0.2) is 0 Å². The van der Waals surface area contributed by atoms with Gasteiger partial charge in [-0.05, 0) is 13.0 Å². The van der Waals surface area contributed by atoms with E-state index in [-0.39, 0.29) is 20.6 Å². The van der Waals surface area contributed by atoms with Crippen LogP contribution in [-0.2, 0) is 4.79 Å². The SMILES string of the molecule is C=C(C)C(=O)O.Clc1cc(Cl)c(Cl)c(Cl)c1Cl. The van der Waals surface area contributed by atoms with Gasteiger partial charge in [0.25, 0.3) is 0 Å². The molecule has 0 saturated carbocycles. The number of aliphatic carboxylic acids is 1. The fraction of sp³-hybridized carbons (Fsp3) is 0.100. The van der Waals surface area contributed by atoms with Gasteiger partial charge in [-0.15, -0.1) is 0 Å². The minimum absolute atomic E-state index is 0.176. The number of hydrogen-bond acceptors (Lipinski definition) is 1. The second-order valence-electron chi connectivity index (χ2n) is 2.87. The van der Waals surface area contributed by atoms with Gasteiger partial charge in [-0.2, -0.15) is 0 Å². The molecule has 0 radical (unpaired) electrons. The Morgan fingerprint density at radius 3 is 1.59 bits per heavy atom. The van der Waals surface area contributed by atoms with E-state index in [1.54, 1.807) is 0 Å². The zero-order chi connectivity index (χ0) is 13.7. The summed E-state index contributed by atoms with van der Waals surface area (Å²) in [7, 11) is 0. The molecule has 0 bridgehead atoms. The van der Waals surface area contributed by atoms with Crippen molar-refractivity contribution in [3.63, 3.8) is 0 Å². The lowest BCUT2D eigenvalue weighted by Gasteiger charge is -2.02. The van der Waals surface area contributed by atoms with Crippen LogP contribution >= 0.6 is 58.0 Å². The Balaban J connectivity index is 0.000000366. The predicted octanol–water partition coefficient (Wildman–Crippen LogP) is 5.60. The molecule has 0 amide bonds. The molecule has 0 fully saturated rings. The van der Waals surface area contributed by atoms with Crippen LogP contribution in [0.25, 0.3) is 0 Å². The molecule has 0 spiro atoms. The molecule has 0 saturated heterocycles. The normalized spacial score (nSPS) is 9.29. The Kier molecular flexibility index (Phi) is 7.29. The molecule has 0 aliphatic heterocycles. The van der Waals surface area contributed by atoms with Crippen molar-refractivity contribution < 1.29 is 9.90 Å². The van der Waals surface area contributed by atoms with E-state index in [0.29, 0.717) is 10.0 Å². The highest BCUT2D eigenvalue weighted by Crippen LogP contribution is 2.40. The van der Waals surface area contributed by atoms with Crippen LogP contribution in [0.5, 0.6) is 0 Å². The van der Waals surface area contributed by atoms with Gasteiger partial charge in [-0.3, -0.25) is 0 Å². The lowest BCUT2D eigenvalue weighted by molar-refractivity contribution is -0.132. The van der Waals surface area contributed by atoms with E-state index in [0.717, 1.165) is 0 Å². The van der Waals surface area contributed by atoms with Crippen molar-refractivity contribution >= 4 is 64.0 Å². The quantitative estimate of drug-likeness (QED) is 0.412. The third-order valence-corrected chi connectivity index (χ3v) is 3.57. The smallest absolute Gasteiger partial charge is 0.330 e. The van der Waals surface area contributed by atoms with Crippen molar-refractivity contribution in [1.82, 2.24) is 0 Å². The Hall–Kier alpha value is -0.120. The molecule has 0 aliphatic rings. The fourth-order valence-electron chi connectivity index (χ4n) is 0.544. The molecule has 1 aromatic carbocycles. The molecule has 0 aliphatic carbocycles. The molecule has 94 valence electrons. The summed E-state index contributed by atoms with van der Waals surface area (Å²) in [4.78, 5) is 9.60. The third-order valence-electron chi connectivity index (χ3n) is 1.42. The van der Waals surface area contributed by atoms with E-state index in [2.05, 4.69) is 6.58 Å². The number of hydrogen-bond donors (Lipinski definition) is 1. The fourth-order valence-corrected chi connectivity index (χ4v) is 1.65. The average Bonchev–Trinajstić information content (AvgIpc) is 2.24. The lowest BCUT2D eigenvalue weighted by atomic mass is 10.3. The number of rotatable bonds is 1. The molecule has 1 rings (SSSR count). The summed E-state index contributed by atoms with van der Waals surface area (Å²) in [6, 6.07) is 1.44. The molecule has 0 aromatic heterocycles. The van der Waals surface area contributed by atoms with Crippen molar-refractivity contribution in [2.24, 2.45) is 0 Å². The van der Waals surface area contributed by atoms with Crippen molar-refractivity contribution in [2.45, 2.75) is 6.92 Å². The molecule has 0 heterocycles. The molecule has 0 atom stereocenters. The second-order valence-corrected chi connectivity index (χ2v) is 4.82. The Labute approximate surface area is 124 Å². The molecular weight excluding hydrogens is 329 g/mol. The predicted molar refractivity (Wildman–Crippen MR) is 73.9 cm³/mol. The van der Waals surface area contributed by atoms with Crippen LogP contribution < -0.4 is 0 Å². The topological polar surface area (TPSA) is 37.3 Å². The minimum Gasteiger partial charge on any atom is -0.478 e. The van der Waals surface area contributed by atoms with Gasteiger partial charge in [-0.25, -0.2) is 4.79 Å². The third kappa shape index (κ3) is 5.36. The van der Waals surface area contributed by atoms with Gasteiger partial charge in [0.05, 0.1) is 25.1 Å². The molecule has 0 unspecified atom stereocenters. The summed E-state index contributed by atoms with van der Waals surface area (Å²) in [5, 5.41) is 9.12. The maximum atomic E-state index is 9.60. The highest BCUT2D eigenvalue weighted by atomic mass is 35.5. The van der Waals surface area contributed by atoms with Crippen molar-refractivity contribution in [3.05, 3.63) is 43.3 Å². The summed E-state index contributed by atoms with van der Waals surface area (Å²) < 4.78 is 0. The van der Waals surface area contributed by atoms with Gasteiger partial charge >= 0.3 is 5.97 Å². The number of halogens is 5. The van der Waals surface area contributed by atoms with Crippen molar-refractivity contribution in [1.29, 1.82) is 0 Å². The van der Waals surface area contributed by atoms with Gasteiger partial charge in [0.2, 0.25) is 0 Å². The Morgan fingerprint density at radius 1 is 1.06 bits per heavy atom. The van der Waals surface area contributed by atoms with E-state index in [1.165, 1.54) is 13.0 Å². The van der Waals surface area contributed by atoms with Crippen LogP contribution in [-0.4, -0.2) is 11.1 Å². The first kappa shape index (κ1) is 16.9. The van der Waals surface area contributed by atoms with Crippen LogP contribution in [0.1, 0.15) is 6.92 Å². The highest BCUT2D eigenvalue weighted by Gasteiger charge is 2.10. The van der Waals surface area contributed by atoms with Gasteiger partial charge in [-0.1, -0.05) is 64.6 Å². The summed E-state index contributed by atoms with van der Waals surface area (Å²) >= 11 is 28.2. The maximum absolute atomic E-state index is 9.60. The monoisotopic (exact) mass is 334 g/mol. The molecule has 17 heavy (non-hydrogen) atoms. The van der Waals surface area contributed by atoms with E-state index < -0.39 is 5.97 Å². The van der Waals surface area contributed by atoms with E-state index in [1.807, 2.05) is 0 Å². The molecular formula is C10H7Cl5O2. The van der Waals surface area contributed by atoms with Crippen LogP contribution in [0, 0.1) is 0 Å². The average molecular weight is 336 g/mol. The molecule has 1 N–H and O–H groups in total. The number of carboxylic acids is 1. The first-order chi connectivity index (χ1) is 7.68. The van der Waals surface area contributed by atoms with E-state index >= 15 is 0 Å². The Morgan fingerprint density at radius 2 is 1.35 bits per heavy atom. The minimum atomic E-state index is -0.935. The summed E-state index contributed by atoms with van der Waals surface area (Å²) in [5.41, 5.74) is 0.176. The van der Waals surface area contributed by atoms with Crippen LogP contribution in [0.4, 0.5) is 0 Å². The molecule has 7 heteroatoms. The zero-order valence-electron chi connectivity index (χ0n) is 8.53. The van der Waals surface area contributed by atoms with Crippen molar-refractivity contribution in [2.75, 3.05) is 0 Å². The summed E-state index contributed by atoms with van der Waals surface area (Å²) in [5.74, 6) is -0.935. The summed E-state index contributed by atoms with van der Waals surface area (Å²) in [6.45, 7) is 4.60. The van der Waals surface area contributed by atoms with E-state index in [4.69, 9.17) is 63.1 Å². The van der Waals surface area contributed by atoms with E-state index in [9.17, 15) is 4.79 Å². The number of carbonyl (C=O) groups is 1. The van der Waals surface area contributed by atoms with Gasteiger partial charge in [0, 0.05) is 5.57 Å². The number of benzene rings is 1. The van der Waals surface area contributed by atoms with Crippen LogP contribution in [0.3, 0.4) is 0 Å². The molecule has 2 nitrogen and oxygen atoms in total. The van der Waals surface area contributed by atoms with Crippen molar-refractivity contribution in [3.8, 4) is 0 Å². The Bertz CT molecular complexity index is 418. The maximum Gasteiger partial charge on any atom is 0.330 e. The first-order valence-electron chi connectivity index (χ1n) is 4.05. The van der Waals surface area contributed by atoms with Gasteiger partial charge < -0.3 is 5.11 Å². The number of carboxylic acid groups (broad SMARTS) is 1. The zero-order valence-corrected chi connectivity index (χ0v) is 12.3. The first-order valence-corrected chi connectivity index (χ1v) is 5.94. The lowest BCUT2D eigenvalue weighted by Crippen LogP contribution is -1.92. The van der Waals surface area contributed by atoms with Crippen LogP contribution in [0.2, 0.25) is 25.1 Å². The highest BCUT2D eigenvalue weighted by molar-refractivity contribution is 6.54. The summed E-state index contributed by atoms with van der Waals surface area (Å²) in [6.07, 6.45) is 0.